The maximum Gasteiger partial charge on any atom is 0.236 e. The second-order valence-electron chi connectivity index (χ2n) is 4.31. The summed E-state index contributed by atoms with van der Waals surface area (Å²) in [7, 11) is 0. The van der Waals surface area contributed by atoms with Gasteiger partial charge in [0.1, 0.15) is 6.42 Å². The van der Waals surface area contributed by atoms with Gasteiger partial charge in [-0.2, -0.15) is 4.98 Å². The minimum atomic E-state index is -0.0180. The summed E-state index contributed by atoms with van der Waals surface area (Å²) in [5.41, 5.74) is 0. The summed E-state index contributed by atoms with van der Waals surface area (Å²) in [5.74, 6) is 0.946. The Labute approximate surface area is 94.6 Å². The van der Waals surface area contributed by atoms with Crippen molar-refractivity contribution in [2.24, 2.45) is 0 Å². The third kappa shape index (κ3) is 3.05. The molecule has 0 aromatic carbocycles. The molecule has 1 aliphatic rings. The summed E-state index contributed by atoms with van der Waals surface area (Å²) in [4.78, 5) is 15.7. The van der Waals surface area contributed by atoms with Crippen molar-refractivity contribution in [2.75, 3.05) is 0 Å². The Morgan fingerprint density at radius 3 is 2.81 bits per heavy atom. The zero-order valence-electron chi connectivity index (χ0n) is 9.53. The van der Waals surface area contributed by atoms with Crippen LogP contribution in [0.3, 0.4) is 0 Å². The van der Waals surface area contributed by atoms with Gasteiger partial charge < -0.3 is 9.84 Å². The van der Waals surface area contributed by atoms with Gasteiger partial charge in [-0.15, -0.1) is 0 Å². The van der Waals surface area contributed by atoms with Gasteiger partial charge in [0.25, 0.3) is 0 Å². The fourth-order valence-electron chi connectivity index (χ4n) is 2.07. The van der Waals surface area contributed by atoms with Crippen molar-refractivity contribution in [3.63, 3.8) is 0 Å². The van der Waals surface area contributed by atoms with E-state index < -0.39 is 0 Å². The first kappa shape index (κ1) is 11.1. The van der Waals surface area contributed by atoms with Crippen molar-refractivity contribution in [1.29, 1.82) is 0 Å². The van der Waals surface area contributed by atoms with Gasteiger partial charge in [0, 0.05) is 6.04 Å². The van der Waals surface area contributed by atoms with Gasteiger partial charge in [-0.1, -0.05) is 24.4 Å². The van der Waals surface area contributed by atoms with Crippen LogP contribution in [0.2, 0.25) is 0 Å². The van der Waals surface area contributed by atoms with Gasteiger partial charge in [-0.25, -0.2) is 0 Å². The molecule has 0 saturated heterocycles. The number of hydrogen-bond acceptors (Lipinski definition) is 4. The second kappa shape index (κ2) is 5.09. The summed E-state index contributed by atoms with van der Waals surface area (Å²) in [6, 6.07) is 0.338. The van der Waals surface area contributed by atoms with E-state index in [9.17, 15) is 4.79 Å². The molecule has 1 aromatic heterocycles. The molecule has 1 N–H and O–H groups in total. The van der Waals surface area contributed by atoms with Gasteiger partial charge >= 0.3 is 0 Å². The Hall–Kier alpha value is -1.39. The molecule has 1 aromatic rings. The quantitative estimate of drug-likeness (QED) is 0.840. The van der Waals surface area contributed by atoms with E-state index in [1.54, 1.807) is 6.92 Å². The van der Waals surface area contributed by atoms with Crippen LogP contribution in [0.1, 0.15) is 43.8 Å². The number of aryl methyl sites for hydroxylation is 1. The Balaban J connectivity index is 1.79. The minimum Gasteiger partial charge on any atom is -0.353 e. The first-order valence-corrected chi connectivity index (χ1v) is 5.82. The van der Waals surface area contributed by atoms with Crippen molar-refractivity contribution < 1.29 is 9.32 Å². The lowest BCUT2D eigenvalue weighted by Gasteiger charge is -2.22. The number of carbonyl (C=O) groups excluding carboxylic acids is 1. The van der Waals surface area contributed by atoms with Crippen molar-refractivity contribution in [3.05, 3.63) is 11.7 Å². The summed E-state index contributed by atoms with van der Waals surface area (Å²) in [5, 5.41) is 6.66. The minimum absolute atomic E-state index is 0.0180. The van der Waals surface area contributed by atoms with E-state index in [2.05, 4.69) is 15.5 Å². The molecule has 1 heterocycles. The fraction of sp³-hybridized carbons (Fsp3) is 0.727. The normalized spacial score (nSPS) is 17.3. The van der Waals surface area contributed by atoms with Gasteiger partial charge in [-0.3, -0.25) is 4.79 Å². The fourth-order valence-corrected chi connectivity index (χ4v) is 2.07. The average Bonchev–Trinajstić information content (AvgIpc) is 2.65. The van der Waals surface area contributed by atoms with E-state index in [0.29, 0.717) is 17.8 Å². The lowest BCUT2D eigenvalue weighted by molar-refractivity contribution is -0.121. The molecular formula is C11H17N3O2. The molecular weight excluding hydrogens is 206 g/mol. The predicted molar refractivity (Wildman–Crippen MR) is 57.8 cm³/mol. The summed E-state index contributed by atoms with van der Waals surface area (Å²) in [6.45, 7) is 1.74. The number of hydrogen-bond donors (Lipinski definition) is 1. The first-order valence-electron chi connectivity index (χ1n) is 5.82. The van der Waals surface area contributed by atoms with Crippen LogP contribution in [0.15, 0.2) is 4.52 Å². The van der Waals surface area contributed by atoms with Crippen LogP contribution < -0.4 is 5.32 Å². The van der Waals surface area contributed by atoms with Crippen LogP contribution in [0.5, 0.6) is 0 Å². The summed E-state index contributed by atoms with van der Waals surface area (Å²) in [6.07, 6.45) is 6.09. The Bertz CT molecular complexity index is 356. The molecule has 16 heavy (non-hydrogen) atoms. The van der Waals surface area contributed by atoms with Crippen LogP contribution in [-0.4, -0.2) is 22.1 Å². The molecule has 0 spiro atoms. The van der Waals surface area contributed by atoms with Crippen LogP contribution in [0.25, 0.3) is 0 Å². The van der Waals surface area contributed by atoms with Crippen LogP contribution in [-0.2, 0) is 11.2 Å². The smallest absolute Gasteiger partial charge is 0.236 e. The van der Waals surface area contributed by atoms with E-state index >= 15 is 0 Å². The average molecular weight is 223 g/mol. The van der Waals surface area contributed by atoms with E-state index in [4.69, 9.17) is 4.52 Å². The summed E-state index contributed by atoms with van der Waals surface area (Å²) >= 11 is 0. The largest absolute Gasteiger partial charge is 0.353 e. The Morgan fingerprint density at radius 1 is 1.44 bits per heavy atom. The van der Waals surface area contributed by atoms with Gasteiger partial charge in [0.05, 0.1) is 0 Å². The molecule has 1 saturated carbocycles. The van der Waals surface area contributed by atoms with E-state index in [1.807, 2.05) is 0 Å². The number of carbonyl (C=O) groups is 1. The molecule has 0 aliphatic heterocycles. The SMILES string of the molecule is Cc1noc(CC(=O)NC2CCCCC2)n1. The zero-order valence-corrected chi connectivity index (χ0v) is 9.53. The molecule has 1 fully saturated rings. The van der Waals surface area contributed by atoms with Crippen LogP contribution in [0.4, 0.5) is 0 Å². The van der Waals surface area contributed by atoms with Crippen molar-refractivity contribution in [2.45, 2.75) is 51.5 Å². The molecule has 2 rings (SSSR count). The van der Waals surface area contributed by atoms with Gasteiger partial charge in [-0.05, 0) is 19.8 Å². The molecule has 0 atom stereocenters. The highest BCUT2D eigenvalue weighted by molar-refractivity contribution is 5.77. The summed E-state index contributed by atoms with van der Waals surface area (Å²) < 4.78 is 4.90. The van der Waals surface area contributed by atoms with E-state index in [-0.39, 0.29) is 12.3 Å². The van der Waals surface area contributed by atoms with Crippen molar-refractivity contribution in [3.8, 4) is 0 Å². The lowest BCUT2D eigenvalue weighted by atomic mass is 9.95. The lowest BCUT2D eigenvalue weighted by Crippen LogP contribution is -2.37. The molecule has 5 heteroatoms. The first-order chi connectivity index (χ1) is 7.74. The second-order valence-corrected chi connectivity index (χ2v) is 4.31. The van der Waals surface area contributed by atoms with E-state index in [1.165, 1.54) is 19.3 Å². The highest BCUT2D eigenvalue weighted by atomic mass is 16.5. The van der Waals surface area contributed by atoms with Crippen molar-refractivity contribution >= 4 is 5.91 Å². The zero-order chi connectivity index (χ0) is 11.4. The third-order valence-corrected chi connectivity index (χ3v) is 2.85. The molecule has 0 radical (unpaired) electrons. The van der Waals surface area contributed by atoms with Crippen LogP contribution in [0, 0.1) is 6.92 Å². The third-order valence-electron chi connectivity index (χ3n) is 2.85. The Kier molecular flexibility index (Phi) is 3.54. The number of amides is 1. The highest BCUT2D eigenvalue weighted by Gasteiger charge is 2.17. The van der Waals surface area contributed by atoms with Crippen molar-refractivity contribution in [1.82, 2.24) is 15.5 Å². The molecule has 1 amide bonds. The molecule has 0 bridgehead atoms. The van der Waals surface area contributed by atoms with E-state index in [0.717, 1.165) is 12.8 Å². The molecule has 88 valence electrons. The highest BCUT2D eigenvalue weighted by Crippen LogP contribution is 2.17. The molecule has 1 aliphatic carbocycles. The number of nitrogens with one attached hydrogen (secondary N) is 1. The molecule has 0 unspecified atom stereocenters. The van der Waals surface area contributed by atoms with Gasteiger partial charge in [0.15, 0.2) is 5.82 Å². The Morgan fingerprint density at radius 2 is 2.19 bits per heavy atom. The monoisotopic (exact) mass is 223 g/mol. The topological polar surface area (TPSA) is 68.0 Å². The standard InChI is InChI=1S/C11H17N3O2/c1-8-12-11(16-14-8)7-10(15)13-9-5-3-2-4-6-9/h9H,2-7H2,1H3,(H,13,15). The van der Waals surface area contributed by atoms with Gasteiger partial charge in [0.2, 0.25) is 11.8 Å². The number of aromatic nitrogens is 2. The van der Waals surface area contributed by atoms with Crippen LogP contribution >= 0.6 is 0 Å². The maximum absolute atomic E-state index is 11.7. The predicted octanol–water partition coefficient (Wildman–Crippen LogP) is 1.37. The number of rotatable bonds is 3. The maximum atomic E-state index is 11.7. The molecule has 5 nitrogen and oxygen atoms in total. The number of nitrogens with zero attached hydrogens (tertiary/aromatic N) is 2.